The standard InChI is InChI=1S/C17H25ClN2/c1-13(11-14-4-6-15(18)7-5-14)20(17-8-9-17)12-16-3-2-10-19-16/h4-7,13,16-17,19H,2-3,8-12H2,1H3. The maximum atomic E-state index is 5.97. The summed E-state index contributed by atoms with van der Waals surface area (Å²) >= 11 is 5.97. The van der Waals surface area contributed by atoms with Crippen molar-refractivity contribution in [3.8, 4) is 0 Å². The summed E-state index contributed by atoms with van der Waals surface area (Å²) in [7, 11) is 0. The monoisotopic (exact) mass is 292 g/mol. The molecular formula is C17H25ClN2. The number of hydrogen-bond donors (Lipinski definition) is 1. The molecule has 3 heteroatoms. The zero-order valence-electron chi connectivity index (χ0n) is 12.3. The van der Waals surface area contributed by atoms with Crippen LogP contribution in [-0.2, 0) is 6.42 Å². The van der Waals surface area contributed by atoms with Crippen molar-refractivity contribution in [2.45, 2.75) is 57.2 Å². The van der Waals surface area contributed by atoms with Crippen LogP contribution in [0.4, 0.5) is 0 Å². The molecule has 1 aromatic rings. The lowest BCUT2D eigenvalue weighted by atomic mass is 10.0. The highest BCUT2D eigenvalue weighted by Crippen LogP contribution is 2.30. The van der Waals surface area contributed by atoms with Gasteiger partial charge in [0.15, 0.2) is 0 Å². The third-order valence-corrected chi connectivity index (χ3v) is 4.87. The third kappa shape index (κ3) is 3.75. The number of halogens is 1. The van der Waals surface area contributed by atoms with Crippen LogP contribution in [0.3, 0.4) is 0 Å². The lowest BCUT2D eigenvalue weighted by Crippen LogP contribution is -2.44. The van der Waals surface area contributed by atoms with Gasteiger partial charge >= 0.3 is 0 Å². The smallest absolute Gasteiger partial charge is 0.0406 e. The van der Waals surface area contributed by atoms with E-state index in [1.165, 1.54) is 44.3 Å². The molecule has 0 amide bonds. The van der Waals surface area contributed by atoms with E-state index in [-0.39, 0.29) is 0 Å². The van der Waals surface area contributed by atoms with E-state index in [4.69, 9.17) is 11.6 Å². The van der Waals surface area contributed by atoms with Crippen molar-refractivity contribution < 1.29 is 0 Å². The van der Waals surface area contributed by atoms with Crippen molar-refractivity contribution in [3.05, 3.63) is 34.9 Å². The fourth-order valence-corrected chi connectivity index (χ4v) is 3.47. The molecule has 2 aliphatic rings. The fourth-order valence-electron chi connectivity index (χ4n) is 3.34. The molecule has 1 aliphatic heterocycles. The van der Waals surface area contributed by atoms with Crippen molar-refractivity contribution in [1.82, 2.24) is 10.2 Å². The molecule has 0 radical (unpaired) electrons. The first-order chi connectivity index (χ1) is 9.72. The third-order valence-electron chi connectivity index (χ3n) is 4.62. The van der Waals surface area contributed by atoms with Crippen LogP contribution >= 0.6 is 11.6 Å². The van der Waals surface area contributed by atoms with Crippen molar-refractivity contribution in [3.63, 3.8) is 0 Å². The summed E-state index contributed by atoms with van der Waals surface area (Å²) in [6, 6.07) is 10.5. The second kappa shape index (κ2) is 6.46. The highest BCUT2D eigenvalue weighted by Gasteiger charge is 2.34. The van der Waals surface area contributed by atoms with Gasteiger partial charge < -0.3 is 5.32 Å². The Hall–Kier alpha value is -0.570. The van der Waals surface area contributed by atoms with Gasteiger partial charge in [0.2, 0.25) is 0 Å². The molecule has 1 aliphatic carbocycles. The molecule has 0 bridgehead atoms. The maximum Gasteiger partial charge on any atom is 0.0406 e. The molecule has 1 heterocycles. The van der Waals surface area contributed by atoms with Crippen LogP contribution < -0.4 is 5.32 Å². The molecule has 0 spiro atoms. The molecule has 3 rings (SSSR count). The summed E-state index contributed by atoms with van der Waals surface area (Å²) in [5, 5.41) is 4.47. The number of benzene rings is 1. The SMILES string of the molecule is CC(Cc1ccc(Cl)cc1)N(CC1CCCN1)C1CC1. The van der Waals surface area contributed by atoms with Crippen LogP contribution in [0.1, 0.15) is 38.2 Å². The molecule has 110 valence electrons. The predicted octanol–water partition coefficient (Wildman–Crippen LogP) is 3.49. The van der Waals surface area contributed by atoms with Crippen molar-refractivity contribution in [2.24, 2.45) is 0 Å². The minimum Gasteiger partial charge on any atom is -0.313 e. The summed E-state index contributed by atoms with van der Waals surface area (Å²) in [5.41, 5.74) is 1.40. The summed E-state index contributed by atoms with van der Waals surface area (Å²) < 4.78 is 0. The van der Waals surface area contributed by atoms with Crippen molar-refractivity contribution >= 4 is 11.6 Å². The first kappa shape index (κ1) is 14.4. The number of nitrogens with one attached hydrogen (secondary N) is 1. The zero-order valence-corrected chi connectivity index (χ0v) is 13.1. The topological polar surface area (TPSA) is 15.3 Å². The van der Waals surface area contributed by atoms with E-state index >= 15 is 0 Å². The first-order valence-corrected chi connectivity index (χ1v) is 8.34. The Balaban J connectivity index is 1.59. The number of rotatable bonds is 6. The lowest BCUT2D eigenvalue weighted by molar-refractivity contribution is 0.180. The molecule has 1 saturated heterocycles. The molecule has 1 saturated carbocycles. The van der Waals surface area contributed by atoms with Gasteiger partial charge in [-0.25, -0.2) is 0 Å². The van der Waals surface area contributed by atoms with E-state index in [1.807, 2.05) is 12.1 Å². The van der Waals surface area contributed by atoms with E-state index in [0.717, 1.165) is 17.5 Å². The van der Waals surface area contributed by atoms with Gasteiger partial charge in [0, 0.05) is 29.7 Å². The molecule has 0 aromatic heterocycles. The van der Waals surface area contributed by atoms with E-state index in [9.17, 15) is 0 Å². The summed E-state index contributed by atoms with van der Waals surface area (Å²) in [6.07, 6.45) is 6.58. The van der Waals surface area contributed by atoms with Gasteiger partial charge in [-0.2, -0.15) is 0 Å². The average molecular weight is 293 g/mol. The molecule has 2 atom stereocenters. The quantitative estimate of drug-likeness (QED) is 0.863. The summed E-state index contributed by atoms with van der Waals surface area (Å²) in [6.45, 7) is 4.80. The maximum absolute atomic E-state index is 5.97. The van der Waals surface area contributed by atoms with E-state index in [0.29, 0.717) is 12.1 Å². The molecule has 2 unspecified atom stereocenters. The van der Waals surface area contributed by atoms with Gasteiger partial charge in [-0.15, -0.1) is 0 Å². The van der Waals surface area contributed by atoms with Gasteiger partial charge in [-0.05, 0) is 63.3 Å². The van der Waals surface area contributed by atoms with Gasteiger partial charge in [0.1, 0.15) is 0 Å². The number of hydrogen-bond acceptors (Lipinski definition) is 2. The largest absolute Gasteiger partial charge is 0.313 e. The Morgan fingerprint density at radius 3 is 2.60 bits per heavy atom. The summed E-state index contributed by atoms with van der Waals surface area (Å²) in [5.74, 6) is 0. The molecule has 1 aromatic carbocycles. The molecule has 2 fully saturated rings. The van der Waals surface area contributed by atoms with Gasteiger partial charge in [0.05, 0.1) is 0 Å². The van der Waals surface area contributed by atoms with E-state index < -0.39 is 0 Å². The fraction of sp³-hybridized carbons (Fsp3) is 0.647. The Morgan fingerprint density at radius 2 is 2.00 bits per heavy atom. The summed E-state index contributed by atoms with van der Waals surface area (Å²) in [4.78, 5) is 2.73. The van der Waals surface area contributed by atoms with Crippen LogP contribution in [0.5, 0.6) is 0 Å². The molecule has 1 N–H and O–H groups in total. The second-order valence-electron chi connectivity index (χ2n) is 6.40. The molecule has 20 heavy (non-hydrogen) atoms. The van der Waals surface area contributed by atoms with Crippen LogP contribution in [0.2, 0.25) is 5.02 Å². The van der Waals surface area contributed by atoms with Crippen LogP contribution in [0, 0.1) is 0 Å². The normalized spacial score (nSPS) is 24.2. The van der Waals surface area contributed by atoms with Gasteiger partial charge in [-0.3, -0.25) is 4.90 Å². The molecule has 2 nitrogen and oxygen atoms in total. The van der Waals surface area contributed by atoms with Gasteiger partial charge in [-0.1, -0.05) is 23.7 Å². The zero-order chi connectivity index (χ0) is 13.9. The lowest BCUT2D eigenvalue weighted by Gasteiger charge is -2.31. The Bertz CT molecular complexity index is 421. The van der Waals surface area contributed by atoms with Crippen LogP contribution in [0.15, 0.2) is 24.3 Å². The highest BCUT2D eigenvalue weighted by atomic mass is 35.5. The Labute approximate surface area is 127 Å². The van der Waals surface area contributed by atoms with Gasteiger partial charge in [0.25, 0.3) is 0 Å². The highest BCUT2D eigenvalue weighted by molar-refractivity contribution is 6.30. The Morgan fingerprint density at radius 1 is 1.25 bits per heavy atom. The van der Waals surface area contributed by atoms with Crippen LogP contribution in [-0.4, -0.2) is 36.1 Å². The van der Waals surface area contributed by atoms with E-state index in [1.54, 1.807) is 0 Å². The van der Waals surface area contributed by atoms with Crippen LogP contribution in [0.25, 0.3) is 0 Å². The van der Waals surface area contributed by atoms with Crippen molar-refractivity contribution in [2.75, 3.05) is 13.1 Å². The predicted molar refractivity (Wildman–Crippen MR) is 85.4 cm³/mol. The van der Waals surface area contributed by atoms with E-state index in [2.05, 4.69) is 29.3 Å². The molecular weight excluding hydrogens is 268 g/mol. The van der Waals surface area contributed by atoms with Crippen molar-refractivity contribution in [1.29, 1.82) is 0 Å². The second-order valence-corrected chi connectivity index (χ2v) is 6.84. The minimum absolute atomic E-state index is 0.617. The first-order valence-electron chi connectivity index (χ1n) is 7.96. The number of nitrogens with zero attached hydrogens (tertiary/aromatic N) is 1. The Kier molecular flexibility index (Phi) is 4.65. The minimum atomic E-state index is 0.617. The average Bonchev–Trinajstić information content (AvgIpc) is 3.15.